The average molecular weight is 186 g/mol. The number of carbonyl (C=O) groups excluding carboxylic acids is 1. The standard InChI is InChI=1S/2CH2O3.K.Na.H/c2*2-1(3)4;;;/h2*(H2,2,3,4);;;/q;;2*+1;-1/p-1. The van der Waals surface area contributed by atoms with Crippen molar-refractivity contribution in [2.24, 2.45) is 0 Å². The first-order valence-corrected chi connectivity index (χ1v) is 1.26. The quantitative estimate of drug-likeness (QED) is 0.362. The molecule has 0 aliphatic carbocycles. The predicted octanol–water partition coefficient (Wildman–Crippen LogP) is -7.99. The fourth-order valence-electron chi connectivity index (χ4n) is 0. The fraction of sp³-hybridized carbons (Fsp3) is 0. The maximum absolute atomic E-state index is 8.56. The van der Waals surface area contributed by atoms with E-state index < -0.39 is 12.3 Å². The van der Waals surface area contributed by atoms with Gasteiger partial charge < -0.3 is 26.6 Å². The molecule has 0 aliphatic rings. The summed E-state index contributed by atoms with van der Waals surface area (Å²) in [5, 5.41) is 30.6. The number of hydrogen-bond donors (Lipinski definition) is 2. The molecule has 0 amide bonds. The fourth-order valence-corrected chi connectivity index (χ4v) is 0. The summed E-state index contributed by atoms with van der Waals surface area (Å²) < 4.78 is 0. The number of carbonyl (C=O) groups is 2. The van der Waals surface area contributed by atoms with Crippen LogP contribution >= 0.6 is 0 Å². The summed E-state index contributed by atoms with van der Waals surface area (Å²) >= 11 is 0. The largest absolute Gasteiger partial charge is 1.00 e. The molecular weight excluding hydrogens is 182 g/mol. The third-order valence-electron chi connectivity index (χ3n) is 0. The molecular formula is C2H4KNaO6. The zero-order valence-corrected chi connectivity index (χ0v) is 10.7. The van der Waals surface area contributed by atoms with Crippen LogP contribution in [-0.4, -0.2) is 22.5 Å². The molecule has 10 heavy (non-hydrogen) atoms. The molecule has 0 saturated heterocycles. The molecule has 0 heterocycles. The second-order valence-corrected chi connectivity index (χ2v) is 0.533. The Morgan fingerprint density at radius 3 is 1.30 bits per heavy atom. The Bertz CT molecular complexity index is 81.5. The topological polar surface area (TPSA) is 121 Å². The van der Waals surface area contributed by atoms with Crippen LogP contribution in [0.3, 0.4) is 0 Å². The minimum atomic E-state index is -2.33. The SMILES string of the molecule is O=C(O)O.O=C([O-])[O-].[H+].[H-].[K+].[Na+]. The van der Waals surface area contributed by atoms with E-state index in [0.717, 1.165) is 0 Å². The van der Waals surface area contributed by atoms with Crippen molar-refractivity contribution in [2.75, 3.05) is 0 Å². The summed E-state index contributed by atoms with van der Waals surface area (Å²) in [4.78, 5) is 16.9. The van der Waals surface area contributed by atoms with Gasteiger partial charge in [0.1, 0.15) is 0 Å². The minimum Gasteiger partial charge on any atom is -1.00 e. The normalized spacial score (nSPS) is 4.80. The van der Waals surface area contributed by atoms with E-state index in [-0.39, 0.29) is 83.8 Å². The van der Waals surface area contributed by atoms with Crippen molar-refractivity contribution in [1.29, 1.82) is 0 Å². The van der Waals surface area contributed by atoms with Gasteiger partial charge in [0.05, 0.1) is 0 Å². The van der Waals surface area contributed by atoms with Gasteiger partial charge in [-0.3, -0.25) is 0 Å². The zero-order valence-electron chi connectivity index (χ0n) is 7.53. The van der Waals surface area contributed by atoms with E-state index in [0.29, 0.717) is 0 Å². The molecule has 8 heteroatoms. The van der Waals surface area contributed by atoms with Crippen LogP contribution in [0.5, 0.6) is 0 Å². The molecule has 2 N–H and O–H groups in total. The van der Waals surface area contributed by atoms with Gasteiger partial charge in [-0.1, -0.05) is 0 Å². The molecule has 6 nitrogen and oxygen atoms in total. The van der Waals surface area contributed by atoms with Crippen LogP contribution in [-0.2, 0) is 0 Å². The predicted molar refractivity (Wildman–Crippen MR) is 18.3 cm³/mol. The first kappa shape index (κ1) is 22.5. The van der Waals surface area contributed by atoms with Crippen LogP contribution in [0.4, 0.5) is 9.59 Å². The Hall–Kier alpha value is 1.18. The summed E-state index contributed by atoms with van der Waals surface area (Å²) in [7, 11) is 0. The zero-order chi connectivity index (χ0) is 7.15. The number of rotatable bonds is 0. The molecule has 0 fully saturated rings. The maximum atomic E-state index is 8.56. The summed E-state index contributed by atoms with van der Waals surface area (Å²) in [5.41, 5.74) is 0. The van der Waals surface area contributed by atoms with E-state index in [9.17, 15) is 0 Å². The van der Waals surface area contributed by atoms with E-state index in [2.05, 4.69) is 0 Å². The molecule has 0 aromatic rings. The molecule has 0 unspecified atom stereocenters. The van der Waals surface area contributed by atoms with Gasteiger partial charge in [0.25, 0.3) is 0 Å². The number of hydrogen-bond acceptors (Lipinski definition) is 4. The van der Waals surface area contributed by atoms with Gasteiger partial charge in [-0.2, -0.15) is 0 Å². The third-order valence-corrected chi connectivity index (χ3v) is 0. The van der Waals surface area contributed by atoms with Gasteiger partial charge in [-0.05, 0) is 6.16 Å². The monoisotopic (exact) mass is 186 g/mol. The van der Waals surface area contributed by atoms with Gasteiger partial charge in [0.15, 0.2) is 0 Å². The molecule has 0 bridgehead atoms. The molecule has 50 valence electrons. The van der Waals surface area contributed by atoms with E-state index >= 15 is 0 Å². The minimum absolute atomic E-state index is 0. The van der Waals surface area contributed by atoms with Crippen LogP contribution in [0.25, 0.3) is 0 Å². The van der Waals surface area contributed by atoms with Gasteiger partial charge in [0.2, 0.25) is 0 Å². The van der Waals surface area contributed by atoms with Crippen molar-refractivity contribution >= 4 is 12.3 Å². The van der Waals surface area contributed by atoms with Gasteiger partial charge in [-0.15, -0.1) is 0 Å². The first-order chi connectivity index (χ1) is 3.46. The van der Waals surface area contributed by atoms with Crippen LogP contribution in [0, 0.1) is 0 Å². The Morgan fingerprint density at radius 2 is 1.30 bits per heavy atom. The molecule has 0 atom stereocenters. The second-order valence-electron chi connectivity index (χ2n) is 0.533. The Labute approximate surface area is 124 Å². The molecule has 0 radical (unpaired) electrons. The molecule has 0 aromatic carbocycles. The molecule has 0 spiro atoms. The Kier molecular flexibility index (Phi) is 37.4. The van der Waals surface area contributed by atoms with Gasteiger partial charge in [-0.25, -0.2) is 4.79 Å². The average Bonchev–Trinajstić information content (AvgIpc) is 1.25. The van der Waals surface area contributed by atoms with E-state index in [4.69, 9.17) is 30.0 Å². The smallest absolute Gasteiger partial charge is 1.00 e. The summed E-state index contributed by atoms with van der Waals surface area (Å²) in [6.07, 6.45) is -4.17. The summed E-state index contributed by atoms with van der Waals surface area (Å²) in [6.45, 7) is 0. The second kappa shape index (κ2) is 16.6. The Morgan fingerprint density at radius 1 is 1.30 bits per heavy atom. The summed E-state index contributed by atoms with van der Waals surface area (Å²) in [5.74, 6) is 0. The van der Waals surface area contributed by atoms with E-state index in [1.54, 1.807) is 0 Å². The maximum Gasteiger partial charge on any atom is 1.00 e. The Balaban J connectivity index is -0.0000000112. The van der Waals surface area contributed by atoms with Crippen LogP contribution < -0.4 is 91.2 Å². The molecule has 0 saturated carbocycles. The van der Waals surface area contributed by atoms with Crippen LogP contribution in [0.15, 0.2) is 0 Å². The van der Waals surface area contributed by atoms with E-state index in [1.165, 1.54) is 0 Å². The number of carboxylic acid groups (broad SMARTS) is 4. The van der Waals surface area contributed by atoms with Gasteiger partial charge in [0, 0.05) is 0 Å². The van der Waals surface area contributed by atoms with Crippen molar-refractivity contribution < 1.29 is 114 Å². The molecule has 0 aromatic heterocycles. The van der Waals surface area contributed by atoms with Crippen molar-refractivity contribution in [1.82, 2.24) is 0 Å². The molecule has 0 aliphatic heterocycles. The summed E-state index contributed by atoms with van der Waals surface area (Å²) in [6, 6.07) is 0. The van der Waals surface area contributed by atoms with Crippen LogP contribution in [0.1, 0.15) is 2.85 Å². The van der Waals surface area contributed by atoms with Crippen molar-refractivity contribution in [3.05, 3.63) is 0 Å². The van der Waals surface area contributed by atoms with Gasteiger partial charge >= 0.3 is 88.5 Å². The molecule has 0 rings (SSSR count). The van der Waals surface area contributed by atoms with Crippen molar-refractivity contribution in [3.63, 3.8) is 0 Å². The third kappa shape index (κ3) is 443. The first-order valence-electron chi connectivity index (χ1n) is 1.26. The van der Waals surface area contributed by atoms with E-state index in [1.807, 2.05) is 0 Å². The van der Waals surface area contributed by atoms with Crippen LogP contribution in [0.2, 0.25) is 0 Å². The van der Waals surface area contributed by atoms with Crippen molar-refractivity contribution in [2.45, 2.75) is 0 Å². The van der Waals surface area contributed by atoms with Crippen molar-refractivity contribution in [3.8, 4) is 0 Å².